The van der Waals surface area contributed by atoms with Gasteiger partial charge in [-0.05, 0) is 51.6 Å². The van der Waals surface area contributed by atoms with Crippen LogP contribution in [0.4, 0.5) is 0 Å². The quantitative estimate of drug-likeness (QED) is 0.831. The van der Waals surface area contributed by atoms with Gasteiger partial charge in [-0.15, -0.1) is 11.3 Å². The molecular formula is C14H24N2S. The van der Waals surface area contributed by atoms with Gasteiger partial charge in [-0.25, -0.2) is 4.98 Å². The number of hydrogen-bond acceptors (Lipinski definition) is 3. The maximum atomic E-state index is 4.63. The lowest BCUT2D eigenvalue weighted by atomic mass is 9.84. The number of rotatable bonds is 4. The predicted octanol–water partition coefficient (Wildman–Crippen LogP) is 3.41. The van der Waals surface area contributed by atoms with Crippen LogP contribution in [0.15, 0.2) is 5.38 Å². The average molecular weight is 252 g/mol. The van der Waals surface area contributed by atoms with Gasteiger partial charge in [0, 0.05) is 5.38 Å². The molecule has 2 unspecified atom stereocenters. The fraction of sp³-hybridized carbons (Fsp3) is 0.786. The van der Waals surface area contributed by atoms with Crippen LogP contribution < -0.4 is 5.32 Å². The molecule has 17 heavy (non-hydrogen) atoms. The van der Waals surface area contributed by atoms with E-state index in [9.17, 15) is 0 Å². The van der Waals surface area contributed by atoms with E-state index < -0.39 is 0 Å². The van der Waals surface area contributed by atoms with E-state index in [0.29, 0.717) is 0 Å². The molecule has 3 heteroatoms. The van der Waals surface area contributed by atoms with Crippen LogP contribution in [0.5, 0.6) is 0 Å². The van der Waals surface area contributed by atoms with Crippen molar-refractivity contribution < 1.29 is 0 Å². The molecule has 0 radical (unpaired) electrons. The summed E-state index contributed by atoms with van der Waals surface area (Å²) in [6.07, 6.45) is 8.23. The molecule has 1 aliphatic rings. The van der Waals surface area contributed by atoms with Gasteiger partial charge < -0.3 is 5.32 Å². The Hall–Kier alpha value is -0.410. The van der Waals surface area contributed by atoms with E-state index in [-0.39, 0.29) is 0 Å². The van der Waals surface area contributed by atoms with E-state index in [1.807, 2.05) is 0 Å². The minimum absolute atomic E-state index is 0.839. The van der Waals surface area contributed by atoms with Crippen molar-refractivity contribution in [3.8, 4) is 0 Å². The van der Waals surface area contributed by atoms with Crippen molar-refractivity contribution in [1.82, 2.24) is 10.3 Å². The number of nitrogens with zero attached hydrogens (tertiary/aromatic N) is 1. The number of nitrogens with one attached hydrogen (secondary N) is 1. The summed E-state index contributed by atoms with van der Waals surface area (Å²) in [5.41, 5.74) is 1.32. The van der Waals surface area contributed by atoms with Crippen molar-refractivity contribution in [3.63, 3.8) is 0 Å². The summed E-state index contributed by atoms with van der Waals surface area (Å²) in [6, 6.07) is 0. The minimum atomic E-state index is 0.839. The molecule has 1 aromatic rings. The van der Waals surface area contributed by atoms with Crippen LogP contribution in [0, 0.1) is 18.8 Å². The standard InChI is InChI=1S/C14H24N2S/c1-11-16-14(10-17-11)8-12-6-4-3-5-7-13(12)9-15-2/h10,12-13,15H,3-9H2,1-2H3. The Labute approximate surface area is 109 Å². The number of hydrogen-bond donors (Lipinski definition) is 1. The maximum Gasteiger partial charge on any atom is 0.0897 e. The monoisotopic (exact) mass is 252 g/mol. The summed E-state index contributed by atoms with van der Waals surface area (Å²) in [5, 5.41) is 6.82. The third-order valence-electron chi connectivity index (χ3n) is 3.92. The summed E-state index contributed by atoms with van der Waals surface area (Å²) in [7, 11) is 2.08. The topological polar surface area (TPSA) is 24.9 Å². The lowest BCUT2D eigenvalue weighted by molar-refractivity contribution is 0.302. The molecule has 1 saturated carbocycles. The van der Waals surface area contributed by atoms with Crippen molar-refractivity contribution in [3.05, 3.63) is 16.1 Å². The van der Waals surface area contributed by atoms with Crippen LogP contribution >= 0.6 is 11.3 Å². The van der Waals surface area contributed by atoms with E-state index in [1.165, 1.54) is 55.8 Å². The highest BCUT2D eigenvalue weighted by Crippen LogP contribution is 2.31. The van der Waals surface area contributed by atoms with Crippen molar-refractivity contribution >= 4 is 11.3 Å². The average Bonchev–Trinajstić information content (AvgIpc) is 2.58. The highest BCUT2D eigenvalue weighted by Gasteiger charge is 2.23. The summed E-state index contributed by atoms with van der Waals surface area (Å²) >= 11 is 1.79. The molecule has 1 aromatic heterocycles. The zero-order chi connectivity index (χ0) is 12.1. The van der Waals surface area contributed by atoms with Gasteiger partial charge in [-0.1, -0.05) is 19.3 Å². The van der Waals surface area contributed by atoms with Crippen LogP contribution in [-0.2, 0) is 6.42 Å². The van der Waals surface area contributed by atoms with Crippen LogP contribution in [0.1, 0.15) is 42.8 Å². The first-order valence-electron chi connectivity index (χ1n) is 6.85. The Bertz CT molecular complexity index is 335. The van der Waals surface area contributed by atoms with E-state index in [4.69, 9.17) is 0 Å². The zero-order valence-corrected chi connectivity index (χ0v) is 11.9. The van der Waals surface area contributed by atoms with Crippen molar-refractivity contribution in [2.24, 2.45) is 11.8 Å². The first-order chi connectivity index (χ1) is 8.29. The van der Waals surface area contributed by atoms with E-state index in [1.54, 1.807) is 11.3 Å². The predicted molar refractivity (Wildman–Crippen MR) is 74.5 cm³/mol. The molecule has 0 aliphatic heterocycles. The molecule has 1 N–H and O–H groups in total. The lowest BCUT2D eigenvalue weighted by Gasteiger charge is -2.24. The van der Waals surface area contributed by atoms with E-state index >= 15 is 0 Å². The first kappa shape index (κ1) is 13.0. The number of thiazole rings is 1. The van der Waals surface area contributed by atoms with Crippen molar-refractivity contribution in [2.45, 2.75) is 45.4 Å². The largest absolute Gasteiger partial charge is 0.319 e. The third kappa shape index (κ3) is 3.78. The Kier molecular flexibility index (Phi) is 4.99. The zero-order valence-electron chi connectivity index (χ0n) is 11.0. The second-order valence-electron chi connectivity index (χ2n) is 5.28. The van der Waals surface area contributed by atoms with Gasteiger partial charge in [0.05, 0.1) is 10.7 Å². The Morgan fingerprint density at radius 1 is 1.29 bits per heavy atom. The Morgan fingerprint density at radius 3 is 2.71 bits per heavy atom. The molecule has 1 fully saturated rings. The first-order valence-corrected chi connectivity index (χ1v) is 7.73. The van der Waals surface area contributed by atoms with Crippen LogP contribution in [0.25, 0.3) is 0 Å². The molecule has 0 saturated heterocycles. The minimum Gasteiger partial charge on any atom is -0.319 e. The van der Waals surface area contributed by atoms with Gasteiger partial charge in [0.1, 0.15) is 0 Å². The molecule has 0 bridgehead atoms. The lowest BCUT2D eigenvalue weighted by Crippen LogP contribution is -2.26. The SMILES string of the molecule is CNCC1CCCCCC1Cc1csc(C)n1. The normalized spacial score (nSPS) is 25.8. The molecular weight excluding hydrogens is 228 g/mol. The van der Waals surface area contributed by atoms with E-state index in [0.717, 1.165) is 11.8 Å². The van der Waals surface area contributed by atoms with Gasteiger partial charge in [0.15, 0.2) is 0 Å². The van der Waals surface area contributed by atoms with Crippen molar-refractivity contribution in [2.75, 3.05) is 13.6 Å². The third-order valence-corrected chi connectivity index (χ3v) is 4.74. The van der Waals surface area contributed by atoms with Gasteiger partial charge in [0.25, 0.3) is 0 Å². The second kappa shape index (κ2) is 6.50. The van der Waals surface area contributed by atoms with Gasteiger partial charge in [-0.3, -0.25) is 0 Å². The fourth-order valence-electron chi connectivity index (χ4n) is 3.03. The molecule has 0 amide bonds. The fourth-order valence-corrected chi connectivity index (χ4v) is 3.66. The smallest absolute Gasteiger partial charge is 0.0897 e. The van der Waals surface area contributed by atoms with Gasteiger partial charge >= 0.3 is 0 Å². The van der Waals surface area contributed by atoms with Crippen LogP contribution in [-0.4, -0.2) is 18.6 Å². The molecule has 96 valence electrons. The highest BCUT2D eigenvalue weighted by atomic mass is 32.1. The van der Waals surface area contributed by atoms with Gasteiger partial charge in [-0.2, -0.15) is 0 Å². The Morgan fingerprint density at radius 2 is 2.06 bits per heavy atom. The molecule has 0 aromatic carbocycles. The number of aromatic nitrogens is 1. The Balaban J connectivity index is 1.99. The molecule has 2 rings (SSSR count). The van der Waals surface area contributed by atoms with Gasteiger partial charge in [0.2, 0.25) is 0 Å². The summed E-state index contributed by atoms with van der Waals surface area (Å²) in [4.78, 5) is 4.63. The summed E-state index contributed by atoms with van der Waals surface area (Å²) < 4.78 is 0. The van der Waals surface area contributed by atoms with Crippen molar-refractivity contribution in [1.29, 1.82) is 0 Å². The van der Waals surface area contributed by atoms with Crippen LogP contribution in [0.2, 0.25) is 0 Å². The molecule has 2 atom stereocenters. The molecule has 1 heterocycles. The number of aryl methyl sites for hydroxylation is 1. The highest BCUT2D eigenvalue weighted by molar-refractivity contribution is 7.09. The molecule has 0 spiro atoms. The summed E-state index contributed by atoms with van der Waals surface area (Å²) in [6.45, 7) is 3.28. The molecule has 2 nitrogen and oxygen atoms in total. The second-order valence-corrected chi connectivity index (χ2v) is 6.34. The summed E-state index contributed by atoms with van der Waals surface area (Å²) in [5.74, 6) is 1.69. The maximum absolute atomic E-state index is 4.63. The molecule has 1 aliphatic carbocycles. The van der Waals surface area contributed by atoms with Crippen LogP contribution in [0.3, 0.4) is 0 Å². The van der Waals surface area contributed by atoms with E-state index in [2.05, 4.69) is 29.7 Å².